The van der Waals surface area contributed by atoms with Crippen molar-refractivity contribution in [1.29, 1.82) is 0 Å². The number of rotatable bonds is 8. The molecule has 0 aliphatic carbocycles. The lowest BCUT2D eigenvalue weighted by molar-refractivity contribution is 0.305. The van der Waals surface area contributed by atoms with Crippen LogP contribution < -0.4 is 4.74 Å². The Balaban J connectivity index is 1.82. The lowest BCUT2D eigenvalue weighted by atomic mass is 9.94. The van der Waals surface area contributed by atoms with Crippen LogP contribution in [0.5, 0.6) is 11.5 Å². The molecule has 26 heavy (non-hydrogen) atoms. The average Bonchev–Trinajstić information content (AvgIpc) is 2.68. The summed E-state index contributed by atoms with van der Waals surface area (Å²) in [6.45, 7) is 2.98. The molecular formula is C24H26O2. The minimum atomic E-state index is 0.279. The lowest BCUT2D eigenvalue weighted by Crippen LogP contribution is -1.97. The summed E-state index contributed by atoms with van der Waals surface area (Å²) in [5, 5.41) is 9.82. The summed E-state index contributed by atoms with van der Waals surface area (Å²) in [7, 11) is 0. The van der Waals surface area contributed by atoms with Gasteiger partial charge in [-0.1, -0.05) is 74.7 Å². The summed E-state index contributed by atoms with van der Waals surface area (Å²) in [5.41, 5.74) is 4.36. The number of phenols is 1. The average molecular weight is 346 g/mol. The van der Waals surface area contributed by atoms with Gasteiger partial charge in [-0.25, -0.2) is 0 Å². The molecule has 0 bridgehead atoms. The number of aromatic hydroxyl groups is 1. The molecule has 3 aromatic carbocycles. The second-order valence-electron chi connectivity index (χ2n) is 6.53. The predicted molar refractivity (Wildman–Crippen MR) is 109 cm³/mol. The van der Waals surface area contributed by atoms with Crippen LogP contribution in [-0.4, -0.2) is 11.7 Å². The van der Waals surface area contributed by atoms with Crippen molar-refractivity contribution in [1.82, 2.24) is 0 Å². The van der Waals surface area contributed by atoms with E-state index in [4.69, 9.17) is 4.74 Å². The summed E-state index contributed by atoms with van der Waals surface area (Å²) < 4.78 is 5.94. The van der Waals surface area contributed by atoms with E-state index in [9.17, 15) is 5.11 Å². The molecule has 0 saturated carbocycles. The van der Waals surface area contributed by atoms with Gasteiger partial charge in [-0.2, -0.15) is 0 Å². The minimum absolute atomic E-state index is 0.279. The molecule has 0 radical (unpaired) electrons. The van der Waals surface area contributed by atoms with Crippen molar-refractivity contribution in [2.24, 2.45) is 0 Å². The first-order valence-electron chi connectivity index (χ1n) is 9.39. The van der Waals surface area contributed by atoms with E-state index in [0.717, 1.165) is 41.0 Å². The minimum Gasteiger partial charge on any atom is -0.508 e. The zero-order valence-electron chi connectivity index (χ0n) is 15.3. The van der Waals surface area contributed by atoms with Crippen LogP contribution >= 0.6 is 0 Å². The molecule has 0 aromatic heterocycles. The monoisotopic (exact) mass is 346 g/mol. The summed E-state index contributed by atoms with van der Waals surface area (Å²) in [6.07, 6.45) is 4.82. The Kier molecular flexibility index (Phi) is 6.32. The number of hydrogen-bond donors (Lipinski definition) is 1. The van der Waals surface area contributed by atoms with E-state index >= 15 is 0 Å². The smallest absolute Gasteiger partial charge is 0.119 e. The fourth-order valence-corrected chi connectivity index (χ4v) is 3.13. The van der Waals surface area contributed by atoms with Gasteiger partial charge in [0.15, 0.2) is 0 Å². The Bertz CT molecular complexity index is 839. The normalized spacial score (nSPS) is 10.7. The molecule has 134 valence electrons. The van der Waals surface area contributed by atoms with Crippen LogP contribution in [0.2, 0.25) is 0 Å². The Morgan fingerprint density at radius 1 is 0.731 bits per heavy atom. The Morgan fingerprint density at radius 3 is 2.12 bits per heavy atom. The zero-order valence-corrected chi connectivity index (χ0v) is 15.3. The van der Waals surface area contributed by atoms with Gasteiger partial charge in [0, 0.05) is 0 Å². The highest BCUT2D eigenvalue weighted by Gasteiger charge is 2.08. The van der Waals surface area contributed by atoms with Crippen LogP contribution in [0.4, 0.5) is 0 Å². The van der Waals surface area contributed by atoms with Crippen LogP contribution in [-0.2, 0) is 0 Å². The molecule has 0 heterocycles. The Morgan fingerprint density at radius 2 is 1.42 bits per heavy atom. The highest BCUT2D eigenvalue weighted by molar-refractivity contribution is 5.84. The van der Waals surface area contributed by atoms with Gasteiger partial charge in [0.1, 0.15) is 11.5 Å². The van der Waals surface area contributed by atoms with E-state index in [0.29, 0.717) is 0 Å². The topological polar surface area (TPSA) is 29.5 Å². The summed E-state index contributed by atoms with van der Waals surface area (Å²) >= 11 is 0. The van der Waals surface area contributed by atoms with Gasteiger partial charge in [0.05, 0.1) is 6.61 Å². The van der Waals surface area contributed by atoms with Crippen molar-refractivity contribution < 1.29 is 9.84 Å². The van der Waals surface area contributed by atoms with Gasteiger partial charge in [0.2, 0.25) is 0 Å². The summed E-state index contributed by atoms with van der Waals surface area (Å²) in [5.74, 6) is 1.19. The lowest BCUT2D eigenvalue weighted by Gasteiger charge is -2.12. The Labute approximate surface area is 156 Å². The van der Waals surface area contributed by atoms with Crippen LogP contribution in [0.1, 0.15) is 32.6 Å². The van der Waals surface area contributed by atoms with Gasteiger partial charge in [0.25, 0.3) is 0 Å². The van der Waals surface area contributed by atoms with Crippen molar-refractivity contribution in [2.45, 2.75) is 32.6 Å². The standard InChI is InChI=1S/C24H26O2/c1-2-3-4-7-16-26-22-13-9-11-20(18-22)24-15-6-5-14-23(24)19-10-8-12-21(25)17-19/h5-6,8-15,17-18,25H,2-4,7,16H2,1H3. The van der Waals surface area contributed by atoms with Crippen molar-refractivity contribution in [3.8, 4) is 33.8 Å². The molecule has 0 aliphatic heterocycles. The number of benzene rings is 3. The maximum Gasteiger partial charge on any atom is 0.119 e. The number of ether oxygens (including phenoxy) is 1. The van der Waals surface area contributed by atoms with Crippen LogP contribution in [0, 0.1) is 0 Å². The molecule has 2 heteroatoms. The predicted octanol–water partition coefficient (Wildman–Crippen LogP) is 6.69. The summed E-state index contributed by atoms with van der Waals surface area (Å²) in [6, 6.07) is 23.9. The van der Waals surface area contributed by atoms with E-state index in [1.54, 1.807) is 12.1 Å². The second kappa shape index (κ2) is 9.10. The fourth-order valence-electron chi connectivity index (χ4n) is 3.13. The third-order valence-corrected chi connectivity index (χ3v) is 4.50. The highest BCUT2D eigenvalue weighted by atomic mass is 16.5. The van der Waals surface area contributed by atoms with Gasteiger partial charge < -0.3 is 9.84 Å². The molecule has 0 fully saturated rings. The molecule has 0 saturated heterocycles. The third-order valence-electron chi connectivity index (χ3n) is 4.50. The zero-order chi connectivity index (χ0) is 18.2. The molecule has 0 spiro atoms. The Hall–Kier alpha value is -2.74. The van der Waals surface area contributed by atoms with Crippen molar-refractivity contribution in [2.75, 3.05) is 6.61 Å². The van der Waals surface area contributed by atoms with E-state index in [-0.39, 0.29) is 5.75 Å². The first-order chi connectivity index (χ1) is 12.8. The number of hydrogen-bond acceptors (Lipinski definition) is 2. The SMILES string of the molecule is CCCCCCOc1cccc(-c2ccccc2-c2cccc(O)c2)c1. The van der Waals surface area contributed by atoms with E-state index in [2.05, 4.69) is 31.2 Å². The van der Waals surface area contributed by atoms with Crippen molar-refractivity contribution in [3.05, 3.63) is 72.8 Å². The first kappa shape index (κ1) is 18.1. The number of phenolic OH excluding ortho intramolecular Hbond substituents is 1. The van der Waals surface area contributed by atoms with E-state index in [1.807, 2.05) is 36.4 Å². The fraction of sp³-hybridized carbons (Fsp3) is 0.250. The quantitative estimate of drug-likeness (QED) is 0.461. The van der Waals surface area contributed by atoms with Crippen LogP contribution in [0.15, 0.2) is 72.8 Å². The molecule has 0 amide bonds. The maximum atomic E-state index is 9.82. The number of unbranched alkanes of at least 4 members (excludes halogenated alkanes) is 3. The summed E-state index contributed by atoms with van der Waals surface area (Å²) in [4.78, 5) is 0. The molecule has 0 aliphatic rings. The molecule has 0 unspecified atom stereocenters. The van der Waals surface area contributed by atoms with Gasteiger partial charge >= 0.3 is 0 Å². The van der Waals surface area contributed by atoms with Crippen molar-refractivity contribution >= 4 is 0 Å². The van der Waals surface area contributed by atoms with Crippen LogP contribution in [0.3, 0.4) is 0 Å². The molecular weight excluding hydrogens is 320 g/mol. The van der Waals surface area contributed by atoms with Gasteiger partial charge in [-0.05, 0) is 52.9 Å². The highest BCUT2D eigenvalue weighted by Crippen LogP contribution is 2.34. The molecule has 2 nitrogen and oxygen atoms in total. The molecule has 1 N–H and O–H groups in total. The van der Waals surface area contributed by atoms with Crippen molar-refractivity contribution in [3.63, 3.8) is 0 Å². The van der Waals surface area contributed by atoms with Gasteiger partial charge in [-0.3, -0.25) is 0 Å². The third kappa shape index (κ3) is 4.66. The molecule has 3 aromatic rings. The first-order valence-corrected chi connectivity index (χ1v) is 9.39. The van der Waals surface area contributed by atoms with E-state index < -0.39 is 0 Å². The molecule has 0 atom stereocenters. The van der Waals surface area contributed by atoms with Gasteiger partial charge in [-0.15, -0.1) is 0 Å². The van der Waals surface area contributed by atoms with E-state index in [1.165, 1.54) is 19.3 Å². The second-order valence-corrected chi connectivity index (χ2v) is 6.53. The molecule has 3 rings (SSSR count). The van der Waals surface area contributed by atoms with Crippen LogP contribution in [0.25, 0.3) is 22.3 Å². The maximum absolute atomic E-state index is 9.82. The largest absolute Gasteiger partial charge is 0.508 e.